The van der Waals surface area contributed by atoms with Gasteiger partial charge in [-0.3, -0.25) is 9.59 Å². The summed E-state index contributed by atoms with van der Waals surface area (Å²) in [5, 5.41) is 2.48. The van der Waals surface area contributed by atoms with Gasteiger partial charge >= 0.3 is 5.97 Å². The third-order valence-electron chi connectivity index (χ3n) is 5.42. The Morgan fingerprint density at radius 1 is 1.09 bits per heavy atom. The zero-order valence-corrected chi connectivity index (χ0v) is 18.8. The number of anilines is 1. The van der Waals surface area contributed by atoms with Crippen LogP contribution in [0, 0.1) is 5.82 Å². The lowest BCUT2D eigenvalue weighted by Gasteiger charge is -2.31. The Labute approximate surface area is 191 Å². The minimum Gasteiger partial charge on any atom is -0.452 e. The van der Waals surface area contributed by atoms with E-state index in [0.29, 0.717) is 10.5 Å². The van der Waals surface area contributed by atoms with Crippen LogP contribution in [0.2, 0.25) is 0 Å². The summed E-state index contributed by atoms with van der Waals surface area (Å²) in [6.45, 7) is -0.502. The summed E-state index contributed by atoms with van der Waals surface area (Å²) in [7, 11) is 1.84. The first-order valence-electron chi connectivity index (χ1n) is 10.6. The van der Waals surface area contributed by atoms with Crippen LogP contribution in [-0.2, 0) is 14.3 Å². The molecule has 8 heteroatoms. The molecular weight excluding hydrogens is 431 g/mol. The molecule has 1 N–H and O–H groups in total. The molecule has 1 saturated carbocycles. The third-order valence-corrected chi connectivity index (χ3v) is 6.47. The smallest absolute Gasteiger partial charge is 0.339 e. The molecule has 2 aromatic rings. The van der Waals surface area contributed by atoms with E-state index in [4.69, 9.17) is 4.74 Å². The number of nitrogens with one attached hydrogen (secondary N) is 1. The van der Waals surface area contributed by atoms with Crippen molar-refractivity contribution in [2.24, 2.45) is 0 Å². The van der Waals surface area contributed by atoms with E-state index in [9.17, 15) is 18.8 Å². The van der Waals surface area contributed by atoms with Crippen molar-refractivity contribution < 1.29 is 23.5 Å². The molecule has 32 heavy (non-hydrogen) atoms. The molecule has 1 fully saturated rings. The van der Waals surface area contributed by atoms with Crippen LogP contribution in [0.4, 0.5) is 10.1 Å². The van der Waals surface area contributed by atoms with Gasteiger partial charge in [-0.2, -0.15) is 0 Å². The molecule has 1 aliphatic carbocycles. The molecule has 2 aromatic carbocycles. The molecule has 0 bridgehead atoms. The third kappa shape index (κ3) is 6.82. The van der Waals surface area contributed by atoms with Crippen molar-refractivity contribution in [2.45, 2.75) is 43.0 Å². The molecule has 0 spiro atoms. The molecule has 0 heterocycles. The van der Waals surface area contributed by atoms with Gasteiger partial charge < -0.3 is 15.0 Å². The summed E-state index contributed by atoms with van der Waals surface area (Å²) in [6.07, 6.45) is 5.60. The van der Waals surface area contributed by atoms with E-state index in [2.05, 4.69) is 5.32 Å². The fraction of sp³-hybridized carbons (Fsp3) is 0.375. The number of amides is 2. The Balaban J connectivity index is 1.52. The lowest BCUT2D eigenvalue weighted by atomic mass is 9.94. The van der Waals surface area contributed by atoms with E-state index >= 15 is 0 Å². The Morgan fingerprint density at radius 3 is 2.59 bits per heavy atom. The molecule has 0 unspecified atom stereocenters. The Kier molecular flexibility index (Phi) is 8.67. The maximum absolute atomic E-state index is 13.2. The zero-order valence-electron chi connectivity index (χ0n) is 18.0. The Morgan fingerprint density at radius 2 is 1.84 bits per heavy atom. The fourth-order valence-electron chi connectivity index (χ4n) is 3.65. The predicted molar refractivity (Wildman–Crippen MR) is 122 cm³/mol. The van der Waals surface area contributed by atoms with Crippen molar-refractivity contribution in [1.29, 1.82) is 0 Å². The van der Waals surface area contributed by atoms with Crippen molar-refractivity contribution in [3.63, 3.8) is 0 Å². The van der Waals surface area contributed by atoms with Crippen LogP contribution in [0.25, 0.3) is 0 Å². The van der Waals surface area contributed by atoms with E-state index in [1.165, 1.54) is 42.4 Å². The van der Waals surface area contributed by atoms with Crippen LogP contribution in [0.1, 0.15) is 42.5 Å². The normalized spacial score (nSPS) is 13.9. The van der Waals surface area contributed by atoms with E-state index in [1.54, 1.807) is 24.3 Å². The van der Waals surface area contributed by atoms with Gasteiger partial charge in [0.25, 0.3) is 5.91 Å². The van der Waals surface area contributed by atoms with Gasteiger partial charge in [-0.15, -0.1) is 11.8 Å². The summed E-state index contributed by atoms with van der Waals surface area (Å²) in [5.41, 5.74) is 0.576. The first-order valence-corrected chi connectivity index (χ1v) is 11.6. The number of hydrogen-bond acceptors (Lipinski definition) is 5. The summed E-state index contributed by atoms with van der Waals surface area (Å²) in [5.74, 6) is -1.46. The Hall–Kier alpha value is -2.87. The van der Waals surface area contributed by atoms with E-state index < -0.39 is 24.3 Å². The molecule has 6 nitrogen and oxygen atoms in total. The average Bonchev–Trinajstić information content (AvgIpc) is 2.81. The number of hydrogen-bond donors (Lipinski definition) is 1. The van der Waals surface area contributed by atoms with Crippen molar-refractivity contribution in [1.82, 2.24) is 4.90 Å². The van der Waals surface area contributed by atoms with Gasteiger partial charge in [0, 0.05) is 23.7 Å². The van der Waals surface area contributed by atoms with Crippen LogP contribution in [-0.4, -0.2) is 48.1 Å². The fourth-order valence-corrected chi connectivity index (χ4v) is 4.61. The maximum Gasteiger partial charge on any atom is 0.339 e. The number of rotatable bonds is 8. The van der Waals surface area contributed by atoms with Crippen LogP contribution >= 0.6 is 11.8 Å². The highest BCUT2D eigenvalue weighted by Crippen LogP contribution is 2.26. The molecule has 0 aromatic heterocycles. The van der Waals surface area contributed by atoms with Gasteiger partial charge in [0.15, 0.2) is 6.61 Å². The molecule has 0 atom stereocenters. The van der Waals surface area contributed by atoms with E-state index in [-0.39, 0.29) is 23.4 Å². The minimum atomic E-state index is -0.657. The highest BCUT2D eigenvalue weighted by molar-refractivity contribution is 8.00. The van der Waals surface area contributed by atoms with E-state index in [0.717, 1.165) is 25.7 Å². The number of nitrogens with zero attached hydrogens (tertiary/aromatic N) is 1. The van der Waals surface area contributed by atoms with Crippen LogP contribution in [0.5, 0.6) is 0 Å². The number of halogens is 1. The van der Waals surface area contributed by atoms with Gasteiger partial charge in [-0.05, 0) is 43.2 Å². The quantitative estimate of drug-likeness (QED) is 0.466. The maximum atomic E-state index is 13.2. The molecule has 0 aliphatic heterocycles. The molecular formula is C24H27FN2O4S. The largest absolute Gasteiger partial charge is 0.452 e. The van der Waals surface area contributed by atoms with Crippen molar-refractivity contribution in [3.8, 4) is 0 Å². The second-order valence-corrected chi connectivity index (χ2v) is 8.73. The first kappa shape index (κ1) is 23.8. The number of thioether (sulfide) groups is 1. The number of benzene rings is 2. The van der Waals surface area contributed by atoms with E-state index in [1.807, 2.05) is 11.9 Å². The lowest BCUT2D eigenvalue weighted by Crippen LogP contribution is -2.39. The molecule has 170 valence electrons. The number of esters is 1. The van der Waals surface area contributed by atoms with Crippen LogP contribution in [0.15, 0.2) is 53.4 Å². The molecule has 2 amide bonds. The highest BCUT2D eigenvalue weighted by atomic mass is 32.2. The topological polar surface area (TPSA) is 75.7 Å². The summed E-state index contributed by atoms with van der Waals surface area (Å²) in [6, 6.07) is 12.6. The van der Waals surface area contributed by atoms with Gasteiger partial charge in [0.05, 0.1) is 11.3 Å². The summed E-state index contributed by atoms with van der Waals surface area (Å²) < 4.78 is 18.3. The van der Waals surface area contributed by atoms with Crippen LogP contribution in [0.3, 0.4) is 0 Å². The molecule has 1 aliphatic rings. The summed E-state index contributed by atoms with van der Waals surface area (Å²) >= 11 is 1.28. The average molecular weight is 459 g/mol. The second-order valence-electron chi connectivity index (χ2n) is 7.72. The first-order chi connectivity index (χ1) is 15.4. The Bertz CT molecular complexity index is 963. The van der Waals surface area contributed by atoms with Crippen LogP contribution < -0.4 is 5.32 Å². The predicted octanol–water partition coefficient (Wildman–Crippen LogP) is 4.50. The zero-order chi connectivity index (χ0) is 22.9. The summed E-state index contributed by atoms with van der Waals surface area (Å²) in [4.78, 5) is 39.6. The number of ether oxygens (including phenoxy) is 1. The standard InChI is InChI=1S/C24H27FN2O4S/c1-27(19-10-3-2-4-11-19)23(29)16-32-21-13-6-5-12-20(21)24(30)31-15-22(28)26-18-9-7-8-17(25)14-18/h5-9,12-14,19H,2-4,10-11,15-16H2,1H3,(H,26,28). The van der Waals surface area contributed by atoms with Crippen molar-refractivity contribution in [2.75, 3.05) is 24.7 Å². The minimum absolute atomic E-state index is 0.0274. The van der Waals surface area contributed by atoms with Gasteiger partial charge in [0.1, 0.15) is 5.82 Å². The number of carbonyl (C=O) groups excluding carboxylic acids is 3. The highest BCUT2D eigenvalue weighted by Gasteiger charge is 2.23. The molecule has 3 rings (SSSR count). The van der Waals surface area contributed by atoms with Crippen molar-refractivity contribution in [3.05, 3.63) is 59.9 Å². The number of carbonyl (C=O) groups is 3. The molecule has 0 saturated heterocycles. The van der Waals surface area contributed by atoms with Gasteiger partial charge in [0.2, 0.25) is 5.91 Å². The SMILES string of the molecule is CN(C(=O)CSc1ccccc1C(=O)OCC(=O)Nc1cccc(F)c1)C1CCCCC1. The lowest BCUT2D eigenvalue weighted by molar-refractivity contribution is -0.129. The second kappa shape index (κ2) is 11.7. The van der Waals surface area contributed by atoms with Gasteiger partial charge in [-0.1, -0.05) is 37.5 Å². The van der Waals surface area contributed by atoms with Crippen molar-refractivity contribution >= 4 is 35.2 Å². The van der Waals surface area contributed by atoms with Gasteiger partial charge in [-0.25, -0.2) is 9.18 Å². The molecule has 0 radical (unpaired) electrons. The monoisotopic (exact) mass is 458 g/mol.